The number of hydrogen-bond acceptors (Lipinski definition) is 2. The highest BCUT2D eigenvalue weighted by Gasteiger charge is 2.40. The number of piperidine rings is 1. The molecule has 17 heavy (non-hydrogen) atoms. The first kappa shape index (κ1) is 10.9. The molecule has 1 amide bonds. The summed E-state index contributed by atoms with van der Waals surface area (Å²) in [7, 11) is 0. The van der Waals surface area contributed by atoms with E-state index in [1.54, 1.807) is 18.2 Å². The van der Waals surface area contributed by atoms with E-state index >= 15 is 0 Å². The van der Waals surface area contributed by atoms with E-state index in [9.17, 15) is 4.79 Å². The number of hydrogen-bond donors (Lipinski definition) is 1. The Morgan fingerprint density at radius 1 is 1.41 bits per heavy atom. The predicted octanol–water partition coefficient (Wildman–Crippen LogP) is 2.55. The SMILES string of the molecule is Nc1cc(Cl)ccc1C(=O)N1CC2CCC1C2. The molecule has 1 aromatic rings. The first-order valence-corrected chi connectivity index (χ1v) is 6.39. The van der Waals surface area contributed by atoms with Gasteiger partial charge in [0.05, 0.1) is 5.56 Å². The Kier molecular flexibility index (Phi) is 2.51. The van der Waals surface area contributed by atoms with E-state index < -0.39 is 0 Å². The number of nitrogen functional groups attached to an aromatic ring is 1. The molecule has 1 saturated heterocycles. The van der Waals surface area contributed by atoms with Crippen LogP contribution in [0.2, 0.25) is 5.02 Å². The average Bonchev–Trinajstić information content (AvgIpc) is 2.89. The van der Waals surface area contributed by atoms with Crippen molar-refractivity contribution in [3.8, 4) is 0 Å². The highest BCUT2D eigenvalue weighted by molar-refractivity contribution is 6.31. The molecule has 4 heteroatoms. The van der Waals surface area contributed by atoms with Crippen LogP contribution < -0.4 is 5.73 Å². The minimum Gasteiger partial charge on any atom is -0.398 e. The molecule has 1 saturated carbocycles. The number of carbonyl (C=O) groups excluding carboxylic acids is 1. The lowest BCUT2D eigenvalue weighted by atomic mass is 10.1. The van der Waals surface area contributed by atoms with Gasteiger partial charge in [-0.1, -0.05) is 11.6 Å². The largest absolute Gasteiger partial charge is 0.398 e. The zero-order chi connectivity index (χ0) is 12.0. The molecule has 2 bridgehead atoms. The van der Waals surface area contributed by atoms with Crippen LogP contribution in [0.25, 0.3) is 0 Å². The van der Waals surface area contributed by atoms with Gasteiger partial charge < -0.3 is 10.6 Å². The first-order chi connectivity index (χ1) is 8.15. The molecule has 90 valence electrons. The van der Waals surface area contributed by atoms with Crippen molar-refractivity contribution in [3.05, 3.63) is 28.8 Å². The Hall–Kier alpha value is -1.22. The van der Waals surface area contributed by atoms with Crippen molar-refractivity contribution in [3.63, 3.8) is 0 Å². The van der Waals surface area contributed by atoms with Gasteiger partial charge in [0.1, 0.15) is 0 Å². The number of nitrogens with zero attached hydrogens (tertiary/aromatic N) is 1. The van der Waals surface area contributed by atoms with Crippen LogP contribution in [0.15, 0.2) is 18.2 Å². The number of rotatable bonds is 1. The number of anilines is 1. The molecule has 1 heterocycles. The van der Waals surface area contributed by atoms with E-state index in [1.165, 1.54) is 12.8 Å². The summed E-state index contributed by atoms with van der Waals surface area (Å²) < 4.78 is 0. The van der Waals surface area contributed by atoms with Gasteiger partial charge in [-0.15, -0.1) is 0 Å². The van der Waals surface area contributed by atoms with Crippen LogP contribution in [0.1, 0.15) is 29.6 Å². The lowest BCUT2D eigenvalue weighted by Crippen LogP contribution is -2.37. The number of fused-ring (bicyclic) bond motifs is 2. The molecule has 1 aromatic carbocycles. The monoisotopic (exact) mass is 250 g/mol. The third-order valence-electron chi connectivity index (χ3n) is 3.91. The van der Waals surface area contributed by atoms with Crippen molar-refractivity contribution in [2.75, 3.05) is 12.3 Å². The molecule has 0 spiro atoms. The van der Waals surface area contributed by atoms with Gasteiger partial charge in [0.2, 0.25) is 0 Å². The third-order valence-corrected chi connectivity index (χ3v) is 4.15. The Morgan fingerprint density at radius 2 is 2.24 bits per heavy atom. The Balaban J connectivity index is 1.87. The molecule has 0 radical (unpaired) electrons. The fourth-order valence-corrected chi connectivity index (χ4v) is 3.24. The first-order valence-electron chi connectivity index (χ1n) is 6.01. The maximum atomic E-state index is 12.4. The highest BCUT2D eigenvalue weighted by Crippen LogP contribution is 2.38. The van der Waals surface area contributed by atoms with Gasteiger partial charge in [-0.3, -0.25) is 4.79 Å². The van der Waals surface area contributed by atoms with Crippen molar-refractivity contribution in [1.29, 1.82) is 0 Å². The number of benzene rings is 1. The molecule has 2 fully saturated rings. The van der Waals surface area contributed by atoms with Gasteiger partial charge in [-0.2, -0.15) is 0 Å². The average molecular weight is 251 g/mol. The summed E-state index contributed by atoms with van der Waals surface area (Å²) in [6.07, 6.45) is 3.58. The van der Waals surface area contributed by atoms with E-state index in [0.717, 1.165) is 13.0 Å². The predicted molar refractivity (Wildman–Crippen MR) is 68.0 cm³/mol. The summed E-state index contributed by atoms with van der Waals surface area (Å²) in [5.41, 5.74) is 6.92. The number of carbonyl (C=O) groups is 1. The fraction of sp³-hybridized carbons (Fsp3) is 0.462. The van der Waals surface area contributed by atoms with Gasteiger partial charge >= 0.3 is 0 Å². The van der Waals surface area contributed by atoms with Crippen molar-refractivity contribution >= 4 is 23.2 Å². The molecule has 3 rings (SSSR count). The van der Waals surface area contributed by atoms with E-state index in [1.807, 2.05) is 4.90 Å². The second-order valence-electron chi connectivity index (χ2n) is 5.02. The summed E-state index contributed by atoms with van der Waals surface area (Å²) in [6.45, 7) is 0.894. The maximum absolute atomic E-state index is 12.4. The molecule has 0 aromatic heterocycles. The number of amides is 1. The Labute approximate surface area is 106 Å². The minimum atomic E-state index is 0.0615. The van der Waals surface area contributed by atoms with E-state index in [0.29, 0.717) is 28.2 Å². The Bertz CT molecular complexity index is 474. The van der Waals surface area contributed by atoms with Gasteiger partial charge in [0.25, 0.3) is 5.91 Å². The molecule has 1 aliphatic heterocycles. The van der Waals surface area contributed by atoms with Crippen LogP contribution in [-0.4, -0.2) is 23.4 Å². The summed E-state index contributed by atoms with van der Waals surface area (Å²) in [5, 5.41) is 0.571. The second kappa shape index (κ2) is 3.91. The molecule has 2 unspecified atom stereocenters. The lowest BCUT2D eigenvalue weighted by Gasteiger charge is -2.27. The van der Waals surface area contributed by atoms with Crippen LogP contribution in [-0.2, 0) is 0 Å². The highest BCUT2D eigenvalue weighted by atomic mass is 35.5. The van der Waals surface area contributed by atoms with Crippen molar-refractivity contribution in [1.82, 2.24) is 4.90 Å². The fourth-order valence-electron chi connectivity index (χ4n) is 3.06. The summed E-state index contributed by atoms with van der Waals surface area (Å²) >= 11 is 5.84. The third kappa shape index (κ3) is 1.78. The van der Waals surface area contributed by atoms with Gasteiger partial charge in [-0.05, 0) is 43.4 Å². The smallest absolute Gasteiger partial charge is 0.256 e. The van der Waals surface area contributed by atoms with Gasteiger partial charge in [0, 0.05) is 23.3 Å². The standard InChI is InChI=1S/C13H15ClN2O/c14-9-2-4-11(12(15)6-9)13(17)16-7-8-1-3-10(16)5-8/h2,4,6,8,10H,1,3,5,7,15H2. The minimum absolute atomic E-state index is 0.0615. The van der Waals surface area contributed by atoms with Gasteiger partial charge in [0.15, 0.2) is 0 Å². The van der Waals surface area contributed by atoms with Crippen LogP contribution in [0.4, 0.5) is 5.69 Å². The molecule has 2 aliphatic rings. The second-order valence-corrected chi connectivity index (χ2v) is 5.46. The molecule has 3 nitrogen and oxygen atoms in total. The normalized spacial score (nSPS) is 26.5. The Morgan fingerprint density at radius 3 is 2.82 bits per heavy atom. The summed E-state index contributed by atoms with van der Waals surface area (Å²) in [6, 6.07) is 5.52. The molecule has 1 aliphatic carbocycles. The quantitative estimate of drug-likeness (QED) is 0.779. The van der Waals surface area contributed by atoms with E-state index in [-0.39, 0.29) is 5.91 Å². The maximum Gasteiger partial charge on any atom is 0.256 e. The van der Waals surface area contributed by atoms with Crippen molar-refractivity contribution < 1.29 is 4.79 Å². The van der Waals surface area contributed by atoms with Crippen molar-refractivity contribution in [2.45, 2.75) is 25.3 Å². The van der Waals surface area contributed by atoms with E-state index in [2.05, 4.69) is 0 Å². The number of likely N-dealkylation sites (tertiary alicyclic amines) is 1. The number of nitrogens with two attached hydrogens (primary N) is 1. The topological polar surface area (TPSA) is 46.3 Å². The zero-order valence-electron chi connectivity index (χ0n) is 9.53. The molecule has 2 N–H and O–H groups in total. The number of halogens is 1. The van der Waals surface area contributed by atoms with Crippen molar-refractivity contribution in [2.24, 2.45) is 5.92 Å². The van der Waals surface area contributed by atoms with Gasteiger partial charge in [-0.25, -0.2) is 0 Å². The van der Waals surface area contributed by atoms with Crippen LogP contribution >= 0.6 is 11.6 Å². The van der Waals surface area contributed by atoms with Crippen LogP contribution in [0.5, 0.6) is 0 Å². The molecular weight excluding hydrogens is 236 g/mol. The van der Waals surface area contributed by atoms with Crippen LogP contribution in [0.3, 0.4) is 0 Å². The van der Waals surface area contributed by atoms with Crippen LogP contribution in [0, 0.1) is 5.92 Å². The molecular formula is C13H15ClN2O. The lowest BCUT2D eigenvalue weighted by molar-refractivity contribution is 0.0705. The van der Waals surface area contributed by atoms with E-state index in [4.69, 9.17) is 17.3 Å². The summed E-state index contributed by atoms with van der Waals surface area (Å²) in [5.74, 6) is 0.767. The molecule has 2 atom stereocenters. The zero-order valence-corrected chi connectivity index (χ0v) is 10.3. The summed E-state index contributed by atoms with van der Waals surface area (Å²) in [4.78, 5) is 14.4.